The lowest BCUT2D eigenvalue weighted by Gasteiger charge is -2.45. The van der Waals surface area contributed by atoms with E-state index < -0.39 is 98.6 Å². The average molecular weight is 592 g/mol. The number of carboxylic acid groups (broad SMARTS) is 1. The van der Waals surface area contributed by atoms with E-state index in [2.05, 4.69) is 8.37 Å². The number of aliphatic hydroxyl groups excluding tert-OH is 2. The summed E-state index contributed by atoms with van der Waals surface area (Å²) in [4.78, 5) is 11.3. The third-order valence-corrected chi connectivity index (χ3v) is 5.95. The summed E-state index contributed by atoms with van der Waals surface area (Å²) in [5, 5.41) is 30.0. The van der Waals surface area contributed by atoms with Crippen molar-refractivity contribution in [2.45, 2.75) is 49.1 Å². The molecule has 0 spiro atoms. The molecule has 0 aromatic carbocycles. The van der Waals surface area contributed by atoms with E-state index in [1.54, 1.807) is 0 Å². The SMILES string of the molecule is CO[C@H]1O[C@H](COS(=O)(=O)O)C(OC2OC(C(=O)O)=C[C@H](O)[C@H]2OS(=O)(=O)O)[C@H](O)[C@H]1NS(=O)(=O)O. The molecule has 8 atom stereocenters. The van der Waals surface area contributed by atoms with Gasteiger partial charge in [0.2, 0.25) is 12.0 Å². The van der Waals surface area contributed by atoms with Gasteiger partial charge in [-0.2, -0.15) is 30.0 Å². The average Bonchev–Trinajstić information content (AvgIpc) is 2.69. The first-order valence-corrected chi connectivity index (χ1v) is 13.3. The van der Waals surface area contributed by atoms with Gasteiger partial charge in [-0.25, -0.2) is 13.2 Å². The van der Waals surface area contributed by atoms with Gasteiger partial charge in [-0.15, -0.1) is 0 Å². The molecule has 0 saturated carbocycles. The lowest BCUT2D eigenvalue weighted by molar-refractivity contribution is -0.307. The van der Waals surface area contributed by atoms with Crippen LogP contribution in [0.15, 0.2) is 11.8 Å². The zero-order valence-electron chi connectivity index (χ0n) is 17.6. The number of methoxy groups -OCH3 is 1. The van der Waals surface area contributed by atoms with E-state index in [1.165, 1.54) is 4.72 Å². The van der Waals surface area contributed by atoms with Crippen LogP contribution in [0.25, 0.3) is 0 Å². The standard InChI is InChI=1S/C13H21NO19S3/c1-28-12-7(14-34(19,20)21)8(16)10(6(31-12)3-29-35(22,23)24)32-13-9(33-36(25,26)27)4(15)2-5(30-13)11(17)18/h2,4,6-10,12-16H,3H2,1H3,(H,17,18)(H,19,20,21)(H,22,23,24)(H,25,26,27)/t4-,6+,7+,8+,9+,10?,12-,13?/m0/s1. The van der Waals surface area contributed by atoms with E-state index in [-0.39, 0.29) is 0 Å². The minimum absolute atomic E-state index is 0.467. The molecule has 1 saturated heterocycles. The fraction of sp³-hybridized carbons (Fsp3) is 0.769. The molecule has 20 nitrogen and oxygen atoms in total. The largest absolute Gasteiger partial charge is 0.475 e. The van der Waals surface area contributed by atoms with E-state index >= 15 is 0 Å². The maximum absolute atomic E-state index is 11.3. The molecule has 2 unspecified atom stereocenters. The van der Waals surface area contributed by atoms with Crippen molar-refractivity contribution in [1.82, 2.24) is 4.72 Å². The van der Waals surface area contributed by atoms with Gasteiger partial charge in [0, 0.05) is 7.11 Å². The van der Waals surface area contributed by atoms with Gasteiger partial charge in [-0.1, -0.05) is 0 Å². The minimum atomic E-state index is -5.34. The molecule has 7 N–H and O–H groups in total. The van der Waals surface area contributed by atoms with Crippen molar-refractivity contribution in [3.63, 3.8) is 0 Å². The Kier molecular flexibility index (Phi) is 9.73. The molecule has 2 rings (SSSR count). The first-order valence-electron chi connectivity index (χ1n) is 9.15. The van der Waals surface area contributed by atoms with Crippen molar-refractivity contribution >= 4 is 37.1 Å². The predicted octanol–water partition coefficient (Wildman–Crippen LogP) is -4.44. The summed E-state index contributed by atoms with van der Waals surface area (Å²) >= 11 is 0. The molecule has 210 valence electrons. The molecular weight excluding hydrogens is 570 g/mol. The molecule has 23 heteroatoms. The first kappa shape index (κ1) is 30.6. The van der Waals surface area contributed by atoms with Crippen LogP contribution in [0.5, 0.6) is 0 Å². The Hall–Kier alpha value is -1.58. The molecule has 0 aromatic rings. The topological polar surface area (TPSA) is 308 Å². The third-order valence-electron chi connectivity index (χ3n) is 4.48. The van der Waals surface area contributed by atoms with Crippen LogP contribution in [-0.4, -0.2) is 123 Å². The maximum atomic E-state index is 11.3. The fourth-order valence-electron chi connectivity index (χ4n) is 3.14. The van der Waals surface area contributed by atoms with Gasteiger partial charge >= 0.3 is 37.1 Å². The van der Waals surface area contributed by atoms with Crippen LogP contribution in [0.3, 0.4) is 0 Å². The van der Waals surface area contributed by atoms with E-state index in [0.29, 0.717) is 6.08 Å². The quantitative estimate of drug-likeness (QED) is 0.111. The van der Waals surface area contributed by atoms with Gasteiger partial charge in [-0.05, 0) is 6.08 Å². The Morgan fingerprint density at radius 3 is 2.11 bits per heavy atom. The second-order valence-electron chi connectivity index (χ2n) is 7.00. The number of carbonyl (C=O) groups is 1. The van der Waals surface area contributed by atoms with Gasteiger partial charge in [0.1, 0.15) is 30.5 Å². The van der Waals surface area contributed by atoms with Gasteiger partial charge < -0.3 is 34.3 Å². The molecule has 0 aliphatic carbocycles. The Bertz CT molecular complexity index is 1150. The predicted molar refractivity (Wildman–Crippen MR) is 106 cm³/mol. The van der Waals surface area contributed by atoms with E-state index in [9.17, 15) is 40.3 Å². The fourth-order valence-corrected chi connectivity index (χ4v) is 4.53. The lowest BCUT2D eigenvalue weighted by Crippen LogP contribution is -2.66. The van der Waals surface area contributed by atoms with Crippen molar-refractivity contribution in [2.24, 2.45) is 0 Å². The zero-order valence-corrected chi connectivity index (χ0v) is 20.1. The molecule has 0 bridgehead atoms. The summed E-state index contributed by atoms with van der Waals surface area (Å²) in [6.07, 6.45) is -14.1. The Balaban J connectivity index is 2.48. The van der Waals surface area contributed by atoms with Crippen LogP contribution >= 0.6 is 0 Å². The summed E-state index contributed by atoms with van der Waals surface area (Å²) in [6, 6.07) is -1.92. The van der Waals surface area contributed by atoms with Gasteiger partial charge in [0.25, 0.3) is 0 Å². The highest BCUT2D eigenvalue weighted by Crippen LogP contribution is 2.30. The Morgan fingerprint density at radius 1 is 1.03 bits per heavy atom. The molecular formula is C13H21NO19S3. The number of hydrogen-bond acceptors (Lipinski definition) is 15. The normalized spacial score (nSPS) is 34.0. The highest BCUT2D eigenvalue weighted by molar-refractivity contribution is 7.83. The third kappa shape index (κ3) is 8.77. The number of rotatable bonds is 11. The number of ether oxygens (including phenoxy) is 4. The van der Waals surface area contributed by atoms with Crippen LogP contribution in [0.1, 0.15) is 0 Å². The first-order chi connectivity index (χ1) is 16.3. The van der Waals surface area contributed by atoms with Gasteiger partial charge in [0.05, 0.1) is 6.61 Å². The Labute approximate surface area is 203 Å². The van der Waals surface area contributed by atoms with E-state index in [0.717, 1.165) is 7.11 Å². The zero-order chi connectivity index (χ0) is 27.6. The Morgan fingerprint density at radius 2 is 1.64 bits per heavy atom. The van der Waals surface area contributed by atoms with Crippen LogP contribution in [0.2, 0.25) is 0 Å². The van der Waals surface area contributed by atoms with E-state index in [4.69, 9.17) is 37.7 Å². The number of nitrogens with one attached hydrogen (secondary N) is 1. The maximum Gasteiger partial charge on any atom is 0.397 e. The minimum Gasteiger partial charge on any atom is -0.475 e. The van der Waals surface area contributed by atoms with Crippen LogP contribution in [0, 0.1) is 0 Å². The van der Waals surface area contributed by atoms with Crippen molar-refractivity contribution in [2.75, 3.05) is 13.7 Å². The van der Waals surface area contributed by atoms with Gasteiger partial charge in [-0.3, -0.25) is 13.7 Å². The lowest BCUT2D eigenvalue weighted by atomic mass is 9.97. The molecule has 0 aromatic heterocycles. The van der Waals surface area contributed by atoms with Crippen molar-refractivity contribution in [3.8, 4) is 0 Å². The number of aliphatic carboxylic acids is 1. The number of hydrogen-bond donors (Lipinski definition) is 7. The van der Waals surface area contributed by atoms with Crippen molar-refractivity contribution < 1.29 is 86.3 Å². The van der Waals surface area contributed by atoms with Crippen molar-refractivity contribution in [1.29, 1.82) is 0 Å². The van der Waals surface area contributed by atoms with Crippen LogP contribution in [0.4, 0.5) is 0 Å². The summed E-state index contributed by atoms with van der Waals surface area (Å²) in [5.74, 6) is -2.83. The van der Waals surface area contributed by atoms with Crippen LogP contribution < -0.4 is 4.72 Å². The molecule has 2 heterocycles. The van der Waals surface area contributed by atoms with E-state index in [1.807, 2.05) is 0 Å². The summed E-state index contributed by atoms with van der Waals surface area (Å²) in [6.45, 7) is -1.17. The smallest absolute Gasteiger partial charge is 0.397 e. The van der Waals surface area contributed by atoms with Gasteiger partial charge in [0.15, 0.2) is 12.4 Å². The highest BCUT2D eigenvalue weighted by Gasteiger charge is 2.51. The molecule has 0 amide bonds. The number of carboxylic acids is 1. The molecule has 36 heavy (non-hydrogen) atoms. The second-order valence-corrected chi connectivity index (χ2v) is 10.3. The summed E-state index contributed by atoms with van der Waals surface area (Å²) in [5.41, 5.74) is 0. The molecule has 0 radical (unpaired) electrons. The molecule has 2 aliphatic rings. The summed E-state index contributed by atoms with van der Waals surface area (Å²) < 4.78 is 124. The second kappa shape index (κ2) is 11.4. The highest BCUT2D eigenvalue weighted by atomic mass is 32.3. The monoisotopic (exact) mass is 591 g/mol. The number of aliphatic hydroxyl groups is 2. The molecule has 2 aliphatic heterocycles. The van der Waals surface area contributed by atoms with Crippen LogP contribution in [-0.2, 0) is 63.2 Å². The molecule has 1 fully saturated rings. The summed E-state index contributed by atoms with van der Waals surface area (Å²) in [7, 11) is -14.6. The van der Waals surface area contributed by atoms with Crippen molar-refractivity contribution in [3.05, 3.63) is 11.8 Å².